The summed E-state index contributed by atoms with van der Waals surface area (Å²) >= 11 is 1.09. The molecule has 0 aliphatic heterocycles. The van der Waals surface area contributed by atoms with Crippen LogP contribution in [0.3, 0.4) is 0 Å². The molecule has 0 bridgehead atoms. The van der Waals surface area contributed by atoms with Crippen molar-refractivity contribution >= 4 is 44.1 Å². The Hall–Kier alpha value is -2.23. The molecule has 1 aromatic carbocycles. The van der Waals surface area contributed by atoms with E-state index in [2.05, 4.69) is 15.0 Å². The van der Waals surface area contributed by atoms with Crippen LogP contribution < -0.4 is 10.0 Å². The average molecular weight is 408 g/mol. The minimum atomic E-state index is -3.72. The Morgan fingerprint density at radius 1 is 1.26 bits per heavy atom. The standard InChI is InChI=1S/C18H21N3O4S2/c1-11(21-27(23,24)15-6-5-9-26-15)16(22)19-12-7-8-14-13(10-12)20-17(25-14)18(2,3)4/h5-11,21H,1-4H3,(H,19,22)/t11-/m0/s1. The lowest BCUT2D eigenvalue weighted by atomic mass is 9.97. The second-order valence-electron chi connectivity index (χ2n) is 7.22. The summed E-state index contributed by atoms with van der Waals surface area (Å²) < 4.78 is 32.7. The zero-order chi connectivity index (χ0) is 19.8. The first-order valence-corrected chi connectivity index (χ1v) is 10.7. The van der Waals surface area contributed by atoms with E-state index in [4.69, 9.17) is 4.42 Å². The van der Waals surface area contributed by atoms with Crippen molar-refractivity contribution in [2.75, 3.05) is 5.32 Å². The van der Waals surface area contributed by atoms with Crippen molar-refractivity contribution in [1.29, 1.82) is 0 Å². The van der Waals surface area contributed by atoms with Gasteiger partial charge in [0.15, 0.2) is 5.58 Å². The van der Waals surface area contributed by atoms with Crippen molar-refractivity contribution in [3.05, 3.63) is 41.6 Å². The van der Waals surface area contributed by atoms with Crippen molar-refractivity contribution in [3.63, 3.8) is 0 Å². The maximum atomic E-state index is 12.4. The van der Waals surface area contributed by atoms with Gasteiger partial charge in [0, 0.05) is 11.1 Å². The van der Waals surface area contributed by atoms with Crippen LogP contribution in [0.5, 0.6) is 0 Å². The summed E-state index contributed by atoms with van der Waals surface area (Å²) in [5.41, 5.74) is 1.55. The summed E-state index contributed by atoms with van der Waals surface area (Å²) in [5, 5.41) is 4.37. The van der Waals surface area contributed by atoms with Crippen molar-refractivity contribution in [1.82, 2.24) is 9.71 Å². The fourth-order valence-electron chi connectivity index (χ4n) is 2.34. The molecule has 0 saturated carbocycles. The van der Waals surface area contributed by atoms with E-state index in [0.717, 1.165) is 11.3 Å². The lowest BCUT2D eigenvalue weighted by Gasteiger charge is -2.13. The Bertz CT molecular complexity index is 1060. The molecule has 1 atom stereocenters. The SMILES string of the molecule is C[C@H](NS(=O)(=O)c1cccs1)C(=O)Nc1ccc2oc(C(C)(C)C)nc2c1. The number of benzene rings is 1. The van der Waals surface area contributed by atoms with Gasteiger partial charge in [0.1, 0.15) is 9.73 Å². The highest BCUT2D eigenvalue weighted by Crippen LogP contribution is 2.27. The number of carbonyl (C=O) groups excluding carboxylic acids is 1. The van der Waals surface area contributed by atoms with Gasteiger partial charge in [-0.2, -0.15) is 4.72 Å². The van der Waals surface area contributed by atoms with Gasteiger partial charge >= 0.3 is 0 Å². The van der Waals surface area contributed by atoms with Crippen molar-refractivity contribution in [2.45, 2.75) is 43.4 Å². The molecular formula is C18H21N3O4S2. The zero-order valence-corrected chi connectivity index (χ0v) is 17.1. The van der Waals surface area contributed by atoms with E-state index in [0.29, 0.717) is 22.7 Å². The number of rotatable bonds is 5. The van der Waals surface area contributed by atoms with Crippen molar-refractivity contribution in [3.8, 4) is 0 Å². The van der Waals surface area contributed by atoms with E-state index in [1.165, 1.54) is 13.0 Å². The monoisotopic (exact) mass is 407 g/mol. The number of carbonyl (C=O) groups is 1. The topological polar surface area (TPSA) is 101 Å². The molecule has 0 aliphatic rings. The average Bonchev–Trinajstić information content (AvgIpc) is 3.23. The van der Waals surface area contributed by atoms with Gasteiger partial charge in [0.25, 0.3) is 10.0 Å². The molecule has 1 amide bonds. The Morgan fingerprint density at radius 2 is 2.00 bits per heavy atom. The molecule has 3 aromatic rings. The summed E-state index contributed by atoms with van der Waals surface area (Å²) in [6, 6.07) is 7.32. The minimum Gasteiger partial charge on any atom is -0.440 e. The minimum absolute atomic E-state index is 0.167. The predicted molar refractivity (Wildman–Crippen MR) is 105 cm³/mol. The lowest BCUT2D eigenvalue weighted by molar-refractivity contribution is -0.117. The van der Waals surface area contributed by atoms with Crippen LogP contribution in [0.1, 0.15) is 33.6 Å². The van der Waals surface area contributed by atoms with E-state index in [-0.39, 0.29) is 9.62 Å². The van der Waals surface area contributed by atoms with Gasteiger partial charge < -0.3 is 9.73 Å². The van der Waals surface area contributed by atoms with Crippen LogP contribution in [0.25, 0.3) is 11.1 Å². The van der Waals surface area contributed by atoms with Gasteiger partial charge in [-0.25, -0.2) is 13.4 Å². The number of nitrogens with zero attached hydrogens (tertiary/aromatic N) is 1. The number of nitrogens with one attached hydrogen (secondary N) is 2. The highest BCUT2D eigenvalue weighted by Gasteiger charge is 2.24. The molecule has 2 N–H and O–H groups in total. The number of fused-ring (bicyclic) bond motifs is 1. The fraction of sp³-hybridized carbons (Fsp3) is 0.333. The van der Waals surface area contributed by atoms with Crippen LogP contribution in [0.2, 0.25) is 0 Å². The van der Waals surface area contributed by atoms with Gasteiger partial charge in [-0.05, 0) is 36.6 Å². The Kier molecular flexibility index (Phi) is 5.11. The first-order chi connectivity index (χ1) is 12.6. The van der Waals surface area contributed by atoms with E-state index in [1.807, 2.05) is 20.8 Å². The summed E-state index contributed by atoms with van der Waals surface area (Å²) in [6.07, 6.45) is 0. The molecule has 0 unspecified atom stereocenters. The van der Waals surface area contributed by atoms with Gasteiger partial charge in [-0.3, -0.25) is 4.79 Å². The van der Waals surface area contributed by atoms with Crippen LogP contribution in [-0.4, -0.2) is 25.4 Å². The van der Waals surface area contributed by atoms with E-state index < -0.39 is 22.0 Å². The van der Waals surface area contributed by atoms with Crippen LogP contribution in [-0.2, 0) is 20.2 Å². The maximum Gasteiger partial charge on any atom is 0.250 e. The molecule has 2 aromatic heterocycles. The molecule has 2 heterocycles. The second-order valence-corrected chi connectivity index (χ2v) is 10.1. The molecule has 0 spiro atoms. The molecule has 7 nitrogen and oxygen atoms in total. The number of anilines is 1. The van der Waals surface area contributed by atoms with E-state index >= 15 is 0 Å². The number of hydrogen-bond acceptors (Lipinski definition) is 6. The second kappa shape index (κ2) is 7.06. The number of hydrogen-bond donors (Lipinski definition) is 2. The third kappa shape index (κ3) is 4.37. The van der Waals surface area contributed by atoms with Gasteiger partial charge in [0.05, 0.1) is 6.04 Å². The molecule has 144 valence electrons. The lowest BCUT2D eigenvalue weighted by Crippen LogP contribution is -2.41. The van der Waals surface area contributed by atoms with Gasteiger partial charge in [-0.1, -0.05) is 26.8 Å². The molecule has 0 radical (unpaired) electrons. The van der Waals surface area contributed by atoms with Crippen molar-refractivity contribution in [2.24, 2.45) is 0 Å². The Balaban J connectivity index is 1.73. The van der Waals surface area contributed by atoms with Crippen LogP contribution in [0.15, 0.2) is 44.3 Å². The number of oxazole rings is 1. The summed E-state index contributed by atoms with van der Waals surface area (Å²) in [5.74, 6) is 0.145. The number of amides is 1. The van der Waals surface area contributed by atoms with Crippen LogP contribution >= 0.6 is 11.3 Å². The van der Waals surface area contributed by atoms with Crippen LogP contribution in [0, 0.1) is 0 Å². The molecule has 0 saturated heterocycles. The van der Waals surface area contributed by atoms with Gasteiger partial charge in [0.2, 0.25) is 11.8 Å². The fourth-order valence-corrected chi connectivity index (χ4v) is 4.55. The largest absolute Gasteiger partial charge is 0.440 e. The summed E-state index contributed by atoms with van der Waals surface area (Å²) in [6.45, 7) is 7.50. The molecule has 27 heavy (non-hydrogen) atoms. The quantitative estimate of drug-likeness (QED) is 0.674. The molecular weight excluding hydrogens is 386 g/mol. The molecule has 0 aliphatic carbocycles. The van der Waals surface area contributed by atoms with E-state index in [1.54, 1.807) is 29.6 Å². The Labute approximate surface area is 161 Å². The Morgan fingerprint density at radius 3 is 2.63 bits per heavy atom. The number of aromatic nitrogens is 1. The highest BCUT2D eigenvalue weighted by atomic mass is 32.2. The third-order valence-electron chi connectivity index (χ3n) is 3.78. The number of thiophene rings is 1. The highest BCUT2D eigenvalue weighted by molar-refractivity contribution is 7.91. The predicted octanol–water partition coefficient (Wildman–Crippen LogP) is 3.49. The van der Waals surface area contributed by atoms with Gasteiger partial charge in [-0.15, -0.1) is 11.3 Å². The van der Waals surface area contributed by atoms with E-state index in [9.17, 15) is 13.2 Å². The molecule has 3 rings (SSSR count). The summed E-state index contributed by atoms with van der Waals surface area (Å²) in [7, 11) is -3.72. The normalized spacial score (nSPS) is 13.6. The zero-order valence-electron chi connectivity index (χ0n) is 15.4. The third-order valence-corrected chi connectivity index (χ3v) is 6.72. The first-order valence-electron chi connectivity index (χ1n) is 8.34. The molecule has 0 fully saturated rings. The maximum absolute atomic E-state index is 12.4. The smallest absolute Gasteiger partial charge is 0.250 e. The molecule has 9 heteroatoms. The van der Waals surface area contributed by atoms with Crippen molar-refractivity contribution < 1.29 is 17.6 Å². The van der Waals surface area contributed by atoms with Crippen LogP contribution in [0.4, 0.5) is 5.69 Å². The number of sulfonamides is 1. The first kappa shape index (κ1) is 19.5. The summed E-state index contributed by atoms with van der Waals surface area (Å²) in [4.78, 5) is 16.8.